The minimum atomic E-state index is -0.562. The summed E-state index contributed by atoms with van der Waals surface area (Å²) >= 11 is 0. The molecule has 10 heteroatoms. The van der Waals surface area contributed by atoms with Crippen molar-refractivity contribution in [2.24, 2.45) is 18.9 Å². The summed E-state index contributed by atoms with van der Waals surface area (Å²) in [5, 5.41) is 3.62. The fourth-order valence-electron chi connectivity index (χ4n) is 6.89. The van der Waals surface area contributed by atoms with Gasteiger partial charge in [0.2, 0.25) is 0 Å². The van der Waals surface area contributed by atoms with Crippen molar-refractivity contribution in [1.29, 1.82) is 0 Å². The van der Waals surface area contributed by atoms with Gasteiger partial charge in [0.1, 0.15) is 11.5 Å². The summed E-state index contributed by atoms with van der Waals surface area (Å²) in [6, 6.07) is 16.2. The number of pyridine rings is 2. The highest BCUT2D eigenvalue weighted by molar-refractivity contribution is 5.98. The van der Waals surface area contributed by atoms with E-state index in [2.05, 4.69) is 41.2 Å². The van der Waals surface area contributed by atoms with Gasteiger partial charge < -0.3 is 18.8 Å². The molecule has 5 heterocycles. The average Bonchev–Trinajstić information content (AvgIpc) is 3.31. The van der Waals surface area contributed by atoms with Crippen LogP contribution in [0.2, 0.25) is 0 Å². The molecule has 2 saturated carbocycles. The second-order valence-corrected chi connectivity index (χ2v) is 12.2. The van der Waals surface area contributed by atoms with Crippen LogP contribution in [0.1, 0.15) is 42.5 Å². The number of aryl methyl sites for hydroxylation is 1. The van der Waals surface area contributed by atoms with Crippen LogP contribution in [0.4, 0.5) is 10.6 Å². The minimum absolute atomic E-state index is 0.129. The number of methoxy groups -OCH3 is 1. The second-order valence-electron chi connectivity index (χ2n) is 12.2. The van der Waals surface area contributed by atoms with Crippen molar-refractivity contribution >= 4 is 39.9 Å². The van der Waals surface area contributed by atoms with Crippen molar-refractivity contribution in [3.63, 3.8) is 0 Å². The number of fused-ring (bicyclic) bond motifs is 4. The van der Waals surface area contributed by atoms with Crippen molar-refractivity contribution in [2.45, 2.75) is 44.7 Å². The van der Waals surface area contributed by atoms with Gasteiger partial charge in [-0.1, -0.05) is 0 Å². The van der Waals surface area contributed by atoms with Crippen LogP contribution in [-0.2, 0) is 18.3 Å². The molecule has 3 aliphatic rings. The van der Waals surface area contributed by atoms with Crippen LogP contribution in [0.15, 0.2) is 54.7 Å². The third-order valence-electron chi connectivity index (χ3n) is 9.38. The molecule has 1 N–H and O–H groups in total. The molecule has 4 aromatic heterocycles. The molecule has 1 aliphatic heterocycles. The highest BCUT2D eigenvalue weighted by Gasteiger charge is 2.40. The highest BCUT2D eigenvalue weighted by Crippen LogP contribution is 2.39. The Morgan fingerprint density at radius 2 is 1.91 bits per heavy atom. The molecule has 0 radical (unpaired) electrons. The van der Waals surface area contributed by atoms with Crippen LogP contribution in [0.3, 0.4) is 0 Å². The van der Waals surface area contributed by atoms with Crippen molar-refractivity contribution in [2.75, 3.05) is 19.0 Å². The number of nitrogens with one attached hydrogen (secondary N) is 1. The number of aromatic nitrogens is 5. The first kappa shape index (κ1) is 25.9. The Hall–Kier alpha value is -4.73. The number of rotatable bonds is 6. The van der Waals surface area contributed by atoms with E-state index < -0.39 is 6.09 Å². The molecule has 2 aliphatic carbocycles. The van der Waals surface area contributed by atoms with Crippen LogP contribution >= 0.6 is 0 Å². The van der Waals surface area contributed by atoms with E-state index in [1.165, 1.54) is 26.4 Å². The summed E-state index contributed by atoms with van der Waals surface area (Å²) in [4.78, 5) is 41.6. The minimum Gasteiger partial charge on any atom is -0.453 e. The normalized spacial score (nSPS) is 19.4. The molecule has 2 amide bonds. The molecule has 1 saturated heterocycles. The summed E-state index contributed by atoms with van der Waals surface area (Å²) in [6.07, 6.45) is 7.09. The zero-order chi connectivity index (χ0) is 29.2. The number of carbonyl (C=O) groups is 2. The summed E-state index contributed by atoms with van der Waals surface area (Å²) in [5.41, 5.74) is 6.12. The van der Waals surface area contributed by atoms with E-state index >= 15 is 0 Å². The monoisotopic (exact) mass is 575 g/mol. The van der Waals surface area contributed by atoms with E-state index in [4.69, 9.17) is 9.97 Å². The predicted molar refractivity (Wildman–Crippen MR) is 164 cm³/mol. The van der Waals surface area contributed by atoms with Gasteiger partial charge >= 0.3 is 6.09 Å². The quantitative estimate of drug-likeness (QED) is 0.272. The SMILES string of the molecule is COC(=O)Nc1ccc(-c2ccc3cc(-c4nc5cc(C(=O)N6CC7CCC6C7)ccc5n4C)n(CC4CC4)c3n2)cn1. The number of anilines is 1. The van der Waals surface area contributed by atoms with Gasteiger partial charge in [-0.2, -0.15) is 0 Å². The van der Waals surface area contributed by atoms with E-state index in [1.807, 2.05) is 37.4 Å². The zero-order valence-corrected chi connectivity index (χ0v) is 24.3. The summed E-state index contributed by atoms with van der Waals surface area (Å²) in [6.45, 7) is 1.76. The van der Waals surface area contributed by atoms with E-state index in [9.17, 15) is 9.59 Å². The second kappa shape index (κ2) is 9.93. The molecule has 218 valence electrons. The first-order chi connectivity index (χ1) is 20.9. The number of hydrogen-bond donors (Lipinski definition) is 1. The van der Waals surface area contributed by atoms with Crippen molar-refractivity contribution in [3.05, 3.63) is 60.3 Å². The first-order valence-corrected chi connectivity index (χ1v) is 15.0. The first-order valence-electron chi connectivity index (χ1n) is 15.0. The lowest BCUT2D eigenvalue weighted by molar-refractivity contribution is 0.0703. The van der Waals surface area contributed by atoms with Gasteiger partial charge in [0, 0.05) is 48.9 Å². The van der Waals surface area contributed by atoms with E-state index in [0.717, 1.165) is 76.3 Å². The van der Waals surface area contributed by atoms with Gasteiger partial charge in [-0.3, -0.25) is 10.1 Å². The molecule has 2 bridgehead atoms. The fraction of sp³-hybridized carbons (Fsp3) is 0.364. The molecular formula is C33H33N7O3. The maximum atomic E-state index is 13.4. The Balaban J connectivity index is 1.16. The average molecular weight is 576 g/mol. The van der Waals surface area contributed by atoms with Crippen LogP contribution in [-0.4, -0.2) is 60.7 Å². The lowest BCUT2D eigenvalue weighted by Crippen LogP contribution is -2.37. The highest BCUT2D eigenvalue weighted by atomic mass is 16.5. The standard InChI is InChI=1S/C33H33N7O3/c1-38-27-11-7-22(32(41)39-18-20-5-9-24(39)13-20)14-26(27)36-31(38)28-15-21-6-10-25(35-30(21)40(28)17-19-3-4-19)23-8-12-29(34-16-23)37-33(42)43-2/h6-8,10-12,14-16,19-20,24H,3-5,9,13,17-18H2,1-2H3,(H,34,37,42). The van der Waals surface area contributed by atoms with Gasteiger partial charge in [0.15, 0.2) is 5.82 Å². The number of benzene rings is 1. The molecule has 10 nitrogen and oxygen atoms in total. The number of amides is 2. The van der Waals surface area contributed by atoms with Crippen LogP contribution in [0, 0.1) is 11.8 Å². The number of piperidine rings is 1. The Morgan fingerprint density at radius 3 is 2.63 bits per heavy atom. The summed E-state index contributed by atoms with van der Waals surface area (Å²) in [5.74, 6) is 2.69. The molecular weight excluding hydrogens is 542 g/mol. The van der Waals surface area contributed by atoms with Crippen molar-refractivity contribution < 1.29 is 14.3 Å². The van der Waals surface area contributed by atoms with E-state index in [0.29, 0.717) is 23.7 Å². The Labute approximate surface area is 248 Å². The molecule has 2 atom stereocenters. The Bertz CT molecular complexity index is 1900. The maximum Gasteiger partial charge on any atom is 0.412 e. The van der Waals surface area contributed by atoms with Gasteiger partial charge in [0.05, 0.1) is 29.5 Å². The molecule has 0 spiro atoms. The molecule has 2 unspecified atom stereocenters. The lowest BCUT2D eigenvalue weighted by Gasteiger charge is -2.27. The van der Waals surface area contributed by atoms with Gasteiger partial charge in [-0.05, 0) is 92.5 Å². The van der Waals surface area contributed by atoms with Crippen LogP contribution in [0.25, 0.3) is 44.8 Å². The number of carbonyl (C=O) groups excluding carboxylic acids is 2. The van der Waals surface area contributed by atoms with Gasteiger partial charge in [0.25, 0.3) is 5.91 Å². The van der Waals surface area contributed by atoms with Gasteiger partial charge in [-0.15, -0.1) is 0 Å². The summed E-state index contributed by atoms with van der Waals surface area (Å²) in [7, 11) is 3.36. The number of ether oxygens (including phenoxy) is 1. The van der Waals surface area contributed by atoms with Crippen molar-refractivity contribution in [1.82, 2.24) is 29.0 Å². The third-order valence-corrected chi connectivity index (χ3v) is 9.38. The Kier molecular flexibility index (Phi) is 5.99. The molecule has 5 aromatic rings. The smallest absolute Gasteiger partial charge is 0.412 e. The van der Waals surface area contributed by atoms with Crippen LogP contribution < -0.4 is 5.32 Å². The maximum absolute atomic E-state index is 13.4. The lowest BCUT2D eigenvalue weighted by atomic mass is 10.1. The van der Waals surface area contributed by atoms with E-state index in [1.54, 1.807) is 12.3 Å². The molecule has 43 heavy (non-hydrogen) atoms. The van der Waals surface area contributed by atoms with Crippen molar-refractivity contribution in [3.8, 4) is 22.8 Å². The number of nitrogens with zero attached hydrogens (tertiary/aromatic N) is 6. The Morgan fingerprint density at radius 1 is 1.02 bits per heavy atom. The largest absolute Gasteiger partial charge is 0.453 e. The molecule has 1 aromatic carbocycles. The topological polar surface area (TPSA) is 107 Å². The van der Waals surface area contributed by atoms with E-state index in [-0.39, 0.29) is 5.91 Å². The molecule has 8 rings (SSSR count). The third kappa shape index (κ3) is 4.52. The van der Waals surface area contributed by atoms with Crippen LogP contribution in [0.5, 0.6) is 0 Å². The number of imidazole rings is 1. The molecule has 3 fully saturated rings. The fourth-order valence-corrected chi connectivity index (χ4v) is 6.89. The number of likely N-dealkylation sites (tertiary alicyclic amines) is 1. The predicted octanol–water partition coefficient (Wildman–Crippen LogP) is 5.86. The summed E-state index contributed by atoms with van der Waals surface area (Å²) < 4.78 is 9.07. The van der Waals surface area contributed by atoms with Gasteiger partial charge in [-0.25, -0.2) is 19.7 Å². The zero-order valence-electron chi connectivity index (χ0n) is 24.3. The number of hydrogen-bond acceptors (Lipinski definition) is 6.